The third-order valence-corrected chi connectivity index (χ3v) is 2.47. The largest absolute Gasteiger partial charge is 0.376 e. The average Bonchev–Trinajstić information content (AvgIpc) is 2.51. The van der Waals surface area contributed by atoms with E-state index < -0.39 is 40.4 Å². The second-order valence-corrected chi connectivity index (χ2v) is 3.70. The fraction of sp³-hybridized carbons (Fsp3) is 0.667. The fourth-order valence-corrected chi connectivity index (χ4v) is 1.28. The van der Waals surface area contributed by atoms with Gasteiger partial charge in [-0.25, -0.2) is 0 Å². The molecule has 13 nitrogen and oxygen atoms in total. The van der Waals surface area contributed by atoms with E-state index in [0.29, 0.717) is 0 Å². The summed E-state index contributed by atoms with van der Waals surface area (Å²) in [6, 6.07) is 0. The first-order chi connectivity index (χ1) is 10.1. The second kappa shape index (κ2) is 9.96. The van der Waals surface area contributed by atoms with Gasteiger partial charge < -0.3 is 36.8 Å². The van der Waals surface area contributed by atoms with Crippen LogP contribution in [0.3, 0.4) is 0 Å². The lowest BCUT2D eigenvalue weighted by Crippen LogP contribution is -2.34. The molecule has 0 aliphatic rings. The van der Waals surface area contributed by atoms with Crippen LogP contribution in [0.4, 0.5) is 17.8 Å². The Morgan fingerprint density at radius 2 is 0.682 bits per heavy atom. The number of anilines is 3. The molecule has 1 rings (SSSR count). The summed E-state index contributed by atoms with van der Waals surface area (Å²) in [4.78, 5) is 14.5. The molecule has 0 aromatic carbocycles. The quantitative estimate of drug-likeness (QED) is 0.218. The lowest BCUT2D eigenvalue weighted by atomic mass is 10.6. The summed E-state index contributed by atoms with van der Waals surface area (Å²) in [6.07, 6.45) is 0. The van der Waals surface area contributed by atoms with Crippen molar-refractivity contribution in [2.75, 3.05) is 55.1 Å². The zero-order chi connectivity index (χ0) is 15.8. The lowest BCUT2D eigenvalue weighted by Gasteiger charge is -2.24. The second-order valence-electron chi connectivity index (χ2n) is 3.70. The number of nitrogens with zero attached hydrogens (tertiary/aromatic N) is 6. The maximum absolute atomic E-state index is 9.11. The van der Waals surface area contributed by atoms with E-state index in [4.69, 9.17) is 30.6 Å². The van der Waals surface area contributed by atoms with E-state index in [1.165, 1.54) is 0 Å². The smallest absolute Gasteiger partial charge is 0.235 e. The number of aromatic nitrogens is 3. The van der Waals surface area contributed by atoms with Crippen molar-refractivity contribution in [3.63, 3.8) is 0 Å². The zero-order valence-electron chi connectivity index (χ0n) is 11.8. The van der Waals surface area contributed by atoms with Crippen molar-refractivity contribution in [2.24, 2.45) is 0 Å². The molecular formula is C9H21N7O6. The van der Waals surface area contributed by atoms with Crippen LogP contribution in [0.15, 0.2) is 0 Å². The first kappa shape index (κ1) is 20.1. The van der Waals surface area contributed by atoms with Gasteiger partial charge in [0.1, 0.15) is 40.4 Å². The molecule has 128 valence electrons. The van der Waals surface area contributed by atoms with Gasteiger partial charge in [-0.3, -0.25) is 14.7 Å². The summed E-state index contributed by atoms with van der Waals surface area (Å²) in [6.45, 7) is -3.61. The highest BCUT2D eigenvalue weighted by molar-refractivity contribution is 5.45. The molecule has 0 amide bonds. The Bertz CT molecular complexity index is 353. The van der Waals surface area contributed by atoms with E-state index in [1.54, 1.807) is 0 Å². The van der Waals surface area contributed by atoms with E-state index in [2.05, 4.69) is 15.0 Å². The average molecular weight is 323 g/mol. The minimum Gasteiger partial charge on any atom is -0.376 e. The maximum Gasteiger partial charge on any atom is 0.235 e. The first-order valence-corrected chi connectivity index (χ1v) is 5.81. The number of hydrogen-bond donors (Lipinski definition) is 7. The minimum absolute atomic E-state index is 0. The van der Waals surface area contributed by atoms with Gasteiger partial charge in [0.2, 0.25) is 17.8 Å². The normalized spacial score (nSPS) is 10.1. The van der Waals surface area contributed by atoms with Crippen LogP contribution in [0, 0.1) is 0 Å². The van der Waals surface area contributed by atoms with Crippen molar-refractivity contribution in [1.29, 1.82) is 0 Å². The molecule has 0 bridgehead atoms. The van der Waals surface area contributed by atoms with Gasteiger partial charge in [-0.2, -0.15) is 15.0 Å². The van der Waals surface area contributed by atoms with Gasteiger partial charge in [0.05, 0.1) is 0 Å². The van der Waals surface area contributed by atoms with Crippen LogP contribution in [-0.4, -0.2) is 86.0 Å². The van der Waals surface area contributed by atoms with Crippen LogP contribution in [0.25, 0.3) is 0 Å². The topological polar surface area (TPSA) is 205 Å². The lowest BCUT2D eigenvalue weighted by molar-refractivity contribution is 0.214. The molecule has 0 radical (unpaired) electrons. The van der Waals surface area contributed by atoms with Crippen molar-refractivity contribution in [2.45, 2.75) is 0 Å². The molecule has 0 unspecified atom stereocenters. The molecule has 22 heavy (non-hydrogen) atoms. The first-order valence-electron chi connectivity index (χ1n) is 5.81. The molecule has 0 aliphatic heterocycles. The molecule has 0 aliphatic carbocycles. The highest BCUT2D eigenvalue weighted by Crippen LogP contribution is 2.17. The van der Waals surface area contributed by atoms with Gasteiger partial charge in [0, 0.05) is 0 Å². The summed E-state index contributed by atoms with van der Waals surface area (Å²) in [5.41, 5.74) is 0. The van der Waals surface area contributed by atoms with E-state index in [9.17, 15) is 0 Å². The maximum atomic E-state index is 9.11. The zero-order valence-corrected chi connectivity index (χ0v) is 11.8. The molecule has 9 N–H and O–H groups in total. The summed E-state index contributed by atoms with van der Waals surface area (Å²) in [5, 5.41) is 54.6. The standard InChI is InChI=1S/C9H18N6O6.H3N/c16-1-13(2-17)7-10-8(14(3-18)4-19)12-9(11-7)15(5-20)6-21;/h16-21H,1-6H2;1H3. The molecule has 0 saturated carbocycles. The molecule has 0 atom stereocenters. The predicted molar refractivity (Wildman–Crippen MR) is 74.8 cm³/mol. The third kappa shape index (κ3) is 4.57. The molecule has 0 saturated heterocycles. The molecule has 1 aromatic rings. The van der Waals surface area contributed by atoms with E-state index >= 15 is 0 Å². The fourth-order valence-electron chi connectivity index (χ4n) is 1.28. The van der Waals surface area contributed by atoms with Gasteiger partial charge in [-0.05, 0) is 0 Å². The van der Waals surface area contributed by atoms with Gasteiger partial charge in [0.15, 0.2) is 0 Å². The molecule has 1 aromatic heterocycles. The summed E-state index contributed by atoms with van der Waals surface area (Å²) >= 11 is 0. The van der Waals surface area contributed by atoms with Crippen molar-refractivity contribution in [3.05, 3.63) is 0 Å². The van der Waals surface area contributed by atoms with Gasteiger partial charge in [-0.15, -0.1) is 0 Å². The minimum atomic E-state index is -0.601. The Morgan fingerprint density at radius 3 is 0.818 bits per heavy atom. The summed E-state index contributed by atoms with van der Waals surface area (Å²) in [7, 11) is 0. The number of hydrogen-bond acceptors (Lipinski definition) is 13. The van der Waals surface area contributed by atoms with E-state index in [0.717, 1.165) is 14.7 Å². The van der Waals surface area contributed by atoms with Crippen LogP contribution >= 0.6 is 0 Å². The van der Waals surface area contributed by atoms with E-state index in [1.807, 2.05) is 0 Å². The Balaban J connectivity index is 0.00000441. The van der Waals surface area contributed by atoms with Crippen LogP contribution in [-0.2, 0) is 0 Å². The Hall–Kier alpha value is -1.87. The van der Waals surface area contributed by atoms with Crippen molar-refractivity contribution >= 4 is 17.8 Å². The van der Waals surface area contributed by atoms with Crippen LogP contribution in [0.1, 0.15) is 0 Å². The SMILES string of the molecule is N.OCN(CO)c1nc(N(CO)CO)nc(N(CO)CO)n1. The van der Waals surface area contributed by atoms with Crippen LogP contribution in [0.5, 0.6) is 0 Å². The predicted octanol–water partition coefficient (Wildman–Crippen LogP) is -3.85. The van der Waals surface area contributed by atoms with Gasteiger partial charge in [0.25, 0.3) is 0 Å². The number of rotatable bonds is 9. The van der Waals surface area contributed by atoms with Gasteiger partial charge in [-0.1, -0.05) is 0 Å². The van der Waals surface area contributed by atoms with Crippen LogP contribution < -0.4 is 20.9 Å². The van der Waals surface area contributed by atoms with Crippen molar-refractivity contribution in [3.8, 4) is 0 Å². The molecular weight excluding hydrogens is 302 g/mol. The number of aliphatic hydroxyl groups is 6. The monoisotopic (exact) mass is 323 g/mol. The van der Waals surface area contributed by atoms with Crippen molar-refractivity contribution < 1.29 is 30.6 Å². The third-order valence-electron chi connectivity index (χ3n) is 2.47. The van der Waals surface area contributed by atoms with Crippen LogP contribution in [0.2, 0.25) is 0 Å². The summed E-state index contributed by atoms with van der Waals surface area (Å²) < 4.78 is 0. The Kier molecular flexibility index (Phi) is 9.11. The Morgan fingerprint density at radius 1 is 0.500 bits per heavy atom. The van der Waals surface area contributed by atoms with Crippen molar-refractivity contribution in [1.82, 2.24) is 21.1 Å². The molecule has 0 spiro atoms. The summed E-state index contributed by atoms with van der Waals surface area (Å²) in [5.74, 6) is -0.503. The molecule has 1 heterocycles. The van der Waals surface area contributed by atoms with E-state index in [-0.39, 0.29) is 24.0 Å². The molecule has 13 heteroatoms. The Labute approximate surface area is 125 Å². The van der Waals surface area contributed by atoms with Gasteiger partial charge >= 0.3 is 0 Å². The number of aliphatic hydroxyl groups excluding tert-OH is 6. The highest BCUT2D eigenvalue weighted by atomic mass is 16.3. The molecule has 0 fully saturated rings. The highest BCUT2D eigenvalue weighted by Gasteiger charge is 2.18.